The minimum Gasteiger partial charge on any atom is -0.383 e. The van der Waals surface area contributed by atoms with Crippen LogP contribution in [0.3, 0.4) is 0 Å². The first-order chi connectivity index (χ1) is 14.3. The molecule has 1 aromatic rings. The van der Waals surface area contributed by atoms with Gasteiger partial charge in [-0.25, -0.2) is 13.8 Å². The Morgan fingerprint density at radius 2 is 2.17 bits per heavy atom. The molecule has 5 nitrogen and oxygen atoms in total. The van der Waals surface area contributed by atoms with Crippen molar-refractivity contribution >= 4 is 22.7 Å². The highest BCUT2D eigenvalue weighted by Gasteiger charge is 2.52. The molecule has 0 aromatic heterocycles. The SMILES string of the molecule is CC(C)[C@H](O)C(=O)N1N=C(c2cc(F)ccc2F)S[C@@]1(CCCN)C1C=CC=CC1. The first kappa shape index (κ1) is 22.7. The van der Waals surface area contributed by atoms with Gasteiger partial charge in [0.15, 0.2) is 0 Å². The summed E-state index contributed by atoms with van der Waals surface area (Å²) in [7, 11) is 0. The summed E-state index contributed by atoms with van der Waals surface area (Å²) < 4.78 is 28.4. The second-order valence-electron chi connectivity index (χ2n) is 7.86. The molecule has 8 heteroatoms. The third-order valence-electron chi connectivity index (χ3n) is 5.37. The normalized spacial score (nSPS) is 24.4. The van der Waals surface area contributed by atoms with Crippen LogP contribution in [0, 0.1) is 23.5 Å². The number of allylic oxidation sites excluding steroid dienone is 3. The molecule has 0 fully saturated rings. The molecule has 1 aromatic carbocycles. The number of hydrogen-bond donors (Lipinski definition) is 2. The number of amides is 1. The molecule has 0 saturated heterocycles. The second kappa shape index (κ2) is 9.41. The van der Waals surface area contributed by atoms with Gasteiger partial charge in [-0.3, -0.25) is 4.79 Å². The molecule has 1 aliphatic heterocycles. The van der Waals surface area contributed by atoms with Gasteiger partial charge in [0.1, 0.15) is 27.7 Å². The molecular formula is C22H27F2N3O2S. The lowest BCUT2D eigenvalue weighted by molar-refractivity contribution is -0.147. The molecule has 3 rings (SSSR count). The summed E-state index contributed by atoms with van der Waals surface area (Å²) in [6.45, 7) is 3.90. The van der Waals surface area contributed by atoms with Gasteiger partial charge < -0.3 is 10.8 Å². The van der Waals surface area contributed by atoms with Gasteiger partial charge in [-0.15, -0.1) is 0 Å². The van der Waals surface area contributed by atoms with E-state index in [9.17, 15) is 18.7 Å². The van der Waals surface area contributed by atoms with E-state index in [-0.39, 0.29) is 22.4 Å². The summed E-state index contributed by atoms with van der Waals surface area (Å²) in [5, 5.41) is 16.5. The number of hydrazone groups is 1. The number of hydrogen-bond acceptors (Lipinski definition) is 5. The number of nitrogens with two attached hydrogens (primary N) is 1. The molecule has 0 radical (unpaired) electrons. The molecule has 2 aliphatic rings. The molecule has 3 atom stereocenters. The molecule has 1 amide bonds. The van der Waals surface area contributed by atoms with Crippen LogP contribution in [0.2, 0.25) is 0 Å². The molecule has 0 bridgehead atoms. The van der Waals surface area contributed by atoms with E-state index in [2.05, 4.69) is 5.10 Å². The number of carbonyl (C=O) groups is 1. The number of aliphatic hydroxyl groups excluding tert-OH is 1. The Morgan fingerprint density at radius 1 is 1.40 bits per heavy atom. The van der Waals surface area contributed by atoms with Gasteiger partial charge >= 0.3 is 0 Å². The molecule has 0 spiro atoms. The predicted octanol–water partition coefficient (Wildman–Crippen LogP) is 3.79. The van der Waals surface area contributed by atoms with Crippen molar-refractivity contribution in [2.24, 2.45) is 22.7 Å². The van der Waals surface area contributed by atoms with Crippen LogP contribution in [0.5, 0.6) is 0 Å². The average molecular weight is 436 g/mol. The minimum absolute atomic E-state index is 0.00166. The first-order valence-electron chi connectivity index (χ1n) is 10.1. The zero-order valence-electron chi connectivity index (χ0n) is 17.1. The van der Waals surface area contributed by atoms with E-state index in [0.29, 0.717) is 25.8 Å². The van der Waals surface area contributed by atoms with Crippen LogP contribution in [0.1, 0.15) is 38.7 Å². The largest absolute Gasteiger partial charge is 0.383 e. The summed E-state index contributed by atoms with van der Waals surface area (Å²) >= 11 is 1.24. The number of halogens is 2. The van der Waals surface area contributed by atoms with Crippen LogP contribution >= 0.6 is 11.8 Å². The van der Waals surface area contributed by atoms with Crippen molar-refractivity contribution in [1.29, 1.82) is 0 Å². The number of thioether (sulfide) groups is 1. The Morgan fingerprint density at radius 3 is 2.80 bits per heavy atom. The van der Waals surface area contributed by atoms with Crippen molar-refractivity contribution in [2.45, 2.75) is 44.1 Å². The first-order valence-corrected chi connectivity index (χ1v) is 10.9. The smallest absolute Gasteiger partial charge is 0.273 e. The maximum Gasteiger partial charge on any atom is 0.273 e. The number of rotatable bonds is 7. The van der Waals surface area contributed by atoms with Crippen LogP contribution in [0.15, 0.2) is 47.6 Å². The summed E-state index contributed by atoms with van der Waals surface area (Å²) in [5.74, 6) is -2.20. The maximum absolute atomic E-state index is 14.5. The Bertz CT molecular complexity index is 887. The van der Waals surface area contributed by atoms with Crippen LogP contribution in [-0.4, -0.2) is 38.6 Å². The molecule has 1 heterocycles. The van der Waals surface area contributed by atoms with Gasteiger partial charge in [0, 0.05) is 11.5 Å². The fourth-order valence-corrected chi connectivity index (χ4v) is 5.18. The standard InChI is InChI=1S/C22H27F2N3O2S/c1-14(2)19(28)21(29)27-22(11-6-12-25,15-7-4-3-5-8-15)30-20(26-27)17-13-16(23)9-10-18(17)24/h3-5,7,9-10,13-15,19,28H,6,8,11-12,25H2,1-2H3/t15?,19-,22-/m0/s1. The number of aliphatic hydroxyl groups is 1. The summed E-state index contributed by atoms with van der Waals surface area (Å²) in [4.78, 5) is 12.4. The molecular weight excluding hydrogens is 408 g/mol. The lowest BCUT2D eigenvalue weighted by Gasteiger charge is -2.42. The van der Waals surface area contributed by atoms with Gasteiger partial charge in [0.25, 0.3) is 5.91 Å². The zero-order chi connectivity index (χ0) is 21.9. The van der Waals surface area contributed by atoms with Crippen molar-refractivity contribution in [3.05, 3.63) is 59.7 Å². The monoisotopic (exact) mass is 435 g/mol. The summed E-state index contributed by atoms with van der Waals surface area (Å²) in [6.07, 6.45) is 8.32. The van der Waals surface area contributed by atoms with Gasteiger partial charge in [0.05, 0.1) is 0 Å². The van der Waals surface area contributed by atoms with Gasteiger partial charge in [0.2, 0.25) is 0 Å². The van der Waals surface area contributed by atoms with Crippen molar-refractivity contribution in [3.63, 3.8) is 0 Å². The van der Waals surface area contributed by atoms with Crippen molar-refractivity contribution < 1.29 is 18.7 Å². The highest BCUT2D eigenvalue weighted by molar-refractivity contribution is 8.15. The maximum atomic E-state index is 14.5. The minimum atomic E-state index is -1.26. The third-order valence-corrected chi connectivity index (χ3v) is 6.90. The predicted molar refractivity (Wildman–Crippen MR) is 116 cm³/mol. The lowest BCUT2D eigenvalue weighted by Crippen LogP contribution is -2.53. The van der Waals surface area contributed by atoms with Crippen LogP contribution in [0.4, 0.5) is 8.78 Å². The number of nitrogens with zero attached hydrogens (tertiary/aromatic N) is 2. The van der Waals surface area contributed by atoms with Gasteiger partial charge in [-0.2, -0.15) is 5.10 Å². The fraction of sp³-hybridized carbons (Fsp3) is 0.455. The van der Waals surface area contributed by atoms with E-state index in [4.69, 9.17) is 5.73 Å². The Balaban J connectivity index is 2.10. The molecule has 3 N–H and O–H groups in total. The zero-order valence-corrected chi connectivity index (χ0v) is 17.9. The molecule has 0 saturated carbocycles. The van der Waals surface area contributed by atoms with Crippen molar-refractivity contribution in [2.75, 3.05) is 6.54 Å². The molecule has 1 aliphatic carbocycles. The highest BCUT2D eigenvalue weighted by atomic mass is 32.2. The highest BCUT2D eigenvalue weighted by Crippen LogP contribution is 2.50. The molecule has 30 heavy (non-hydrogen) atoms. The Hall–Kier alpha value is -2.03. The van der Waals surface area contributed by atoms with E-state index in [0.717, 1.165) is 18.2 Å². The Labute approximate surface area is 179 Å². The van der Waals surface area contributed by atoms with Crippen molar-refractivity contribution in [1.82, 2.24) is 5.01 Å². The summed E-state index contributed by atoms with van der Waals surface area (Å²) in [5.41, 5.74) is 5.77. The lowest BCUT2D eigenvalue weighted by atomic mass is 9.88. The van der Waals surface area contributed by atoms with Crippen LogP contribution in [0.25, 0.3) is 0 Å². The molecule has 1 unspecified atom stereocenters. The fourth-order valence-electron chi connectivity index (χ4n) is 3.67. The van der Waals surface area contributed by atoms with E-state index >= 15 is 0 Å². The van der Waals surface area contributed by atoms with Crippen LogP contribution < -0.4 is 5.73 Å². The third kappa shape index (κ3) is 4.36. The summed E-state index contributed by atoms with van der Waals surface area (Å²) in [6, 6.07) is 3.17. The second-order valence-corrected chi connectivity index (χ2v) is 9.16. The van der Waals surface area contributed by atoms with E-state index in [1.54, 1.807) is 13.8 Å². The van der Waals surface area contributed by atoms with Gasteiger partial charge in [-0.05, 0) is 49.9 Å². The van der Waals surface area contributed by atoms with E-state index < -0.39 is 28.5 Å². The quantitative estimate of drug-likeness (QED) is 0.683. The topological polar surface area (TPSA) is 78.9 Å². The van der Waals surface area contributed by atoms with E-state index in [1.807, 2.05) is 24.3 Å². The number of carbonyl (C=O) groups excluding carboxylic acids is 1. The van der Waals surface area contributed by atoms with Crippen LogP contribution in [-0.2, 0) is 4.79 Å². The van der Waals surface area contributed by atoms with Crippen molar-refractivity contribution in [3.8, 4) is 0 Å². The number of benzene rings is 1. The van der Waals surface area contributed by atoms with Gasteiger partial charge in [-0.1, -0.05) is 49.9 Å². The molecule has 162 valence electrons. The Kier molecular flexibility index (Phi) is 7.10. The average Bonchev–Trinajstić information content (AvgIpc) is 3.14. The van der Waals surface area contributed by atoms with E-state index in [1.165, 1.54) is 16.8 Å².